The van der Waals surface area contributed by atoms with E-state index >= 15 is 0 Å². The summed E-state index contributed by atoms with van der Waals surface area (Å²) in [5.41, 5.74) is 1.05. The molecular formula is C14H20ClNO3. The van der Waals surface area contributed by atoms with Gasteiger partial charge in [-0.25, -0.2) is 4.79 Å². The van der Waals surface area contributed by atoms with Crippen LogP contribution in [-0.2, 0) is 14.3 Å². The second-order valence-corrected chi connectivity index (χ2v) is 4.46. The number of rotatable bonds is 8. The Balaban J connectivity index is 2.19. The van der Waals surface area contributed by atoms with Gasteiger partial charge in [0.2, 0.25) is 0 Å². The molecule has 0 radical (unpaired) electrons. The fourth-order valence-electron chi connectivity index (χ4n) is 1.64. The largest absolute Gasteiger partial charge is 0.464 e. The van der Waals surface area contributed by atoms with Gasteiger partial charge in [-0.2, -0.15) is 0 Å². The van der Waals surface area contributed by atoms with Crippen LogP contribution >= 0.6 is 11.6 Å². The van der Waals surface area contributed by atoms with Crippen LogP contribution in [0, 0.1) is 0 Å². The number of ether oxygens (including phenoxy) is 2. The van der Waals surface area contributed by atoms with Crippen molar-refractivity contribution in [2.24, 2.45) is 0 Å². The van der Waals surface area contributed by atoms with Gasteiger partial charge in [0.1, 0.15) is 6.61 Å². The van der Waals surface area contributed by atoms with Crippen LogP contribution in [-0.4, -0.2) is 32.3 Å². The van der Waals surface area contributed by atoms with Crippen molar-refractivity contribution in [3.8, 4) is 0 Å². The van der Waals surface area contributed by atoms with Gasteiger partial charge >= 0.3 is 5.97 Å². The number of esters is 1. The lowest BCUT2D eigenvalue weighted by Gasteiger charge is -2.15. The molecule has 0 amide bonds. The molecule has 19 heavy (non-hydrogen) atoms. The van der Waals surface area contributed by atoms with E-state index in [0.717, 1.165) is 10.6 Å². The highest BCUT2D eigenvalue weighted by molar-refractivity contribution is 6.31. The summed E-state index contributed by atoms with van der Waals surface area (Å²) in [5, 5.41) is 4.03. The lowest BCUT2D eigenvalue weighted by molar-refractivity contribution is -0.148. The van der Waals surface area contributed by atoms with Gasteiger partial charge in [0.05, 0.1) is 13.2 Å². The molecule has 4 nitrogen and oxygen atoms in total. The predicted octanol–water partition coefficient (Wildman–Crippen LogP) is 2.57. The zero-order valence-corrected chi connectivity index (χ0v) is 12.1. The summed E-state index contributed by atoms with van der Waals surface area (Å²) in [5.74, 6) is -0.332. The highest BCUT2D eigenvalue weighted by atomic mass is 35.5. The van der Waals surface area contributed by atoms with E-state index in [-0.39, 0.29) is 18.6 Å². The molecule has 0 bridgehead atoms. The van der Waals surface area contributed by atoms with Gasteiger partial charge in [-0.05, 0) is 25.5 Å². The fourth-order valence-corrected chi connectivity index (χ4v) is 1.94. The quantitative estimate of drug-likeness (QED) is 0.589. The SMILES string of the molecule is CCOC(=O)COCCN[C@H](C)c1ccccc1Cl. The normalized spacial score (nSPS) is 12.2. The van der Waals surface area contributed by atoms with E-state index in [0.29, 0.717) is 19.8 Å². The van der Waals surface area contributed by atoms with Crippen LogP contribution in [0.5, 0.6) is 0 Å². The monoisotopic (exact) mass is 285 g/mol. The fraction of sp³-hybridized carbons (Fsp3) is 0.500. The van der Waals surface area contributed by atoms with Gasteiger partial charge in [-0.1, -0.05) is 29.8 Å². The molecule has 0 aromatic heterocycles. The summed E-state index contributed by atoms with van der Waals surface area (Å²) in [6.07, 6.45) is 0. The highest BCUT2D eigenvalue weighted by Gasteiger charge is 2.08. The molecule has 1 aromatic carbocycles. The molecule has 0 aliphatic rings. The van der Waals surface area contributed by atoms with Gasteiger partial charge in [-0.3, -0.25) is 0 Å². The van der Waals surface area contributed by atoms with Gasteiger partial charge in [0, 0.05) is 17.6 Å². The third-order valence-electron chi connectivity index (χ3n) is 2.59. The minimum atomic E-state index is -0.332. The average Bonchev–Trinajstić information content (AvgIpc) is 2.39. The Morgan fingerprint density at radius 3 is 2.84 bits per heavy atom. The summed E-state index contributed by atoms with van der Waals surface area (Å²) in [4.78, 5) is 11.0. The number of halogens is 1. The summed E-state index contributed by atoms with van der Waals surface area (Å²) < 4.78 is 9.95. The van der Waals surface area contributed by atoms with Crippen molar-refractivity contribution in [3.63, 3.8) is 0 Å². The topological polar surface area (TPSA) is 47.6 Å². The van der Waals surface area contributed by atoms with Crippen LogP contribution in [0.25, 0.3) is 0 Å². The van der Waals surface area contributed by atoms with E-state index < -0.39 is 0 Å². The second kappa shape index (κ2) is 8.91. The maximum atomic E-state index is 11.0. The lowest BCUT2D eigenvalue weighted by Crippen LogP contribution is -2.25. The molecule has 0 spiro atoms. The van der Waals surface area contributed by atoms with E-state index in [1.54, 1.807) is 6.92 Å². The van der Waals surface area contributed by atoms with E-state index in [4.69, 9.17) is 21.1 Å². The Labute approximate surface area is 119 Å². The first-order chi connectivity index (χ1) is 9.15. The molecule has 0 fully saturated rings. The molecule has 0 aliphatic heterocycles. The number of hydrogen-bond acceptors (Lipinski definition) is 4. The van der Waals surface area contributed by atoms with Crippen molar-refractivity contribution in [3.05, 3.63) is 34.9 Å². The van der Waals surface area contributed by atoms with Crippen LogP contribution in [0.4, 0.5) is 0 Å². The maximum absolute atomic E-state index is 11.0. The van der Waals surface area contributed by atoms with Crippen molar-refractivity contribution in [1.82, 2.24) is 5.32 Å². The lowest BCUT2D eigenvalue weighted by atomic mass is 10.1. The molecule has 0 saturated carbocycles. The van der Waals surface area contributed by atoms with Gasteiger partial charge in [0.15, 0.2) is 0 Å². The molecular weight excluding hydrogens is 266 g/mol. The number of carbonyl (C=O) groups is 1. The molecule has 1 atom stereocenters. The Bertz CT molecular complexity index is 398. The van der Waals surface area contributed by atoms with E-state index in [2.05, 4.69) is 5.32 Å². The van der Waals surface area contributed by atoms with Gasteiger partial charge in [0.25, 0.3) is 0 Å². The number of nitrogens with one attached hydrogen (secondary N) is 1. The Hall–Kier alpha value is -1.10. The molecule has 1 aromatic rings. The van der Waals surface area contributed by atoms with Crippen LogP contribution in [0.15, 0.2) is 24.3 Å². The molecule has 0 saturated heterocycles. The smallest absolute Gasteiger partial charge is 0.332 e. The van der Waals surface area contributed by atoms with Crippen molar-refractivity contribution in [2.75, 3.05) is 26.4 Å². The van der Waals surface area contributed by atoms with Gasteiger partial charge < -0.3 is 14.8 Å². The molecule has 1 N–H and O–H groups in total. The molecule has 1 rings (SSSR count). The first-order valence-electron chi connectivity index (χ1n) is 6.36. The molecule has 5 heteroatoms. The minimum absolute atomic E-state index is 0.00397. The zero-order chi connectivity index (χ0) is 14.1. The second-order valence-electron chi connectivity index (χ2n) is 4.05. The van der Waals surface area contributed by atoms with Crippen LogP contribution in [0.2, 0.25) is 5.02 Å². The molecule has 0 heterocycles. The highest BCUT2D eigenvalue weighted by Crippen LogP contribution is 2.21. The van der Waals surface area contributed by atoms with E-state index in [1.807, 2.05) is 31.2 Å². The van der Waals surface area contributed by atoms with Gasteiger partial charge in [-0.15, -0.1) is 0 Å². The number of benzene rings is 1. The zero-order valence-electron chi connectivity index (χ0n) is 11.3. The average molecular weight is 286 g/mol. The Morgan fingerprint density at radius 2 is 2.16 bits per heavy atom. The number of carbonyl (C=O) groups excluding carboxylic acids is 1. The Morgan fingerprint density at radius 1 is 1.42 bits per heavy atom. The molecule has 106 valence electrons. The minimum Gasteiger partial charge on any atom is -0.464 e. The third-order valence-corrected chi connectivity index (χ3v) is 2.94. The summed E-state index contributed by atoms with van der Waals surface area (Å²) >= 11 is 6.10. The molecule has 0 unspecified atom stereocenters. The van der Waals surface area contributed by atoms with Crippen LogP contribution in [0.3, 0.4) is 0 Å². The predicted molar refractivity (Wildman–Crippen MR) is 75.3 cm³/mol. The van der Waals surface area contributed by atoms with Crippen molar-refractivity contribution >= 4 is 17.6 Å². The maximum Gasteiger partial charge on any atom is 0.332 e. The summed E-state index contributed by atoms with van der Waals surface area (Å²) in [7, 11) is 0. The van der Waals surface area contributed by atoms with Crippen LogP contribution < -0.4 is 5.32 Å². The molecule has 0 aliphatic carbocycles. The summed E-state index contributed by atoms with van der Waals surface area (Å²) in [6, 6.07) is 7.85. The number of hydrogen-bond donors (Lipinski definition) is 1. The third kappa shape index (κ3) is 6.05. The van der Waals surface area contributed by atoms with Crippen molar-refractivity contribution < 1.29 is 14.3 Å². The van der Waals surface area contributed by atoms with Crippen molar-refractivity contribution in [1.29, 1.82) is 0 Å². The first-order valence-corrected chi connectivity index (χ1v) is 6.74. The van der Waals surface area contributed by atoms with Crippen molar-refractivity contribution in [2.45, 2.75) is 19.9 Å². The summed E-state index contributed by atoms with van der Waals surface area (Å²) in [6.45, 7) is 5.27. The van der Waals surface area contributed by atoms with E-state index in [9.17, 15) is 4.79 Å². The van der Waals surface area contributed by atoms with Crippen LogP contribution in [0.1, 0.15) is 25.5 Å². The first kappa shape index (κ1) is 16.0. The van der Waals surface area contributed by atoms with E-state index in [1.165, 1.54) is 0 Å². The Kier molecular flexibility index (Phi) is 7.48. The standard InChI is InChI=1S/C14H20ClNO3/c1-3-19-14(17)10-18-9-8-16-11(2)12-6-4-5-7-13(12)15/h4-7,11,16H,3,8-10H2,1-2H3/t11-/m1/s1.